The van der Waals surface area contributed by atoms with Crippen LogP contribution >= 0.6 is 0 Å². The zero-order valence-corrected chi connectivity index (χ0v) is 17.7. The van der Waals surface area contributed by atoms with E-state index < -0.39 is 11.7 Å². The number of anilines is 1. The van der Waals surface area contributed by atoms with Crippen molar-refractivity contribution in [2.24, 2.45) is 5.92 Å². The number of piperazine rings is 1. The van der Waals surface area contributed by atoms with Gasteiger partial charge in [0.1, 0.15) is 38.4 Å². The Balaban J connectivity index is 1.57. The predicted octanol–water partition coefficient (Wildman–Crippen LogP) is 2.69. The zero-order chi connectivity index (χ0) is 21.9. The van der Waals surface area contributed by atoms with E-state index in [1.807, 2.05) is 36.1 Å². The van der Waals surface area contributed by atoms with Crippen molar-refractivity contribution in [2.75, 3.05) is 31.1 Å². The van der Waals surface area contributed by atoms with Gasteiger partial charge in [-0.25, -0.2) is 4.98 Å². The molecular formula is C23H30F3N3O+2. The standard InChI is InChI=1S/C23H28F3N3O/c1-16(2)14-18-4-6-19(7-5-18)22(30)17(3)28-10-12-29(13-11-28)21-9-8-20(15-27-21)23(24,25)26/h4-9,15-17H,10-14H2,1-3H3/p+2/t17-/m0/s1. The number of ketones is 1. The van der Waals surface area contributed by atoms with Gasteiger partial charge in [-0.2, -0.15) is 13.2 Å². The molecule has 30 heavy (non-hydrogen) atoms. The average Bonchev–Trinajstić information content (AvgIpc) is 2.72. The van der Waals surface area contributed by atoms with E-state index in [0.717, 1.165) is 37.3 Å². The fraction of sp³-hybridized carbons (Fsp3) is 0.478. The fourth-order valence-electron chi connectivity index (χ4n) is 3.97. The highest BCUT2D eigenvalue weighted by atomic mass is 19.4. The van der Waals surface area contributed by atoms with Gasteiger partial charge in [0.25, 0.3) is 5.82 Å². The molecular weight excluding hydrogens is 391 g/mol. The van der Waals surface area contributed by atoms with E-state index in [1.165, 1.54) is 16.5 Å². The van der Waals surface area contributed by atoms with Crippen LogP contribution in [0.2, 0.25) is 0 Å². The Bertz CT molecular complexity index is 839. The normalized spacial score (nSPS) is 16.7. The van der Waals surface area contributed by atoms with Crippen molar-refractivity contribution < 1.29 is 27.8 Å². The summed E-state index contributed by atoms with van der Waals surface area (Å²) in [4.78, 5) is 18.9. The van der Waals surface area contributed by atoms with Gasteiger partial charge < -0.3 is 4.90 Å². The molecule has 1 fully saturated rings. The Labute approximate surface area is 175 Å². The van der Waals surface area contributed by atoms with E-state index in [4.69, 9.17) is 0 Å². The summed E-state index contributed by atoms with van der Waals surface area (Å²) in [7, 11) is 0. The first-order valence-electron chi connectivity index (χ1n) is 10.5. The Kier molecular flexibility index (Phi) is 6.81. The lowest BCUT2D eigenvalue weighted by molar-refractivity contribution is -0.914. The third-order valence-corrected chi connectivity index (χ3v) is 5.76. The summed E-state index contributed by atoms with van der Waals surface area (Å²) in [5, 5.41) is 0. The molecule has 4 nitrogen and oxygen atoms in total. The number of nitrogens with one attached hydrogen (secondary N) is 2. The van der Waals surface area contributed by atoms with Crippen LogP contribution in [0.25, 0.3) is 0 Å². The number of H-pyrrole nitrogens is 1. The summed E-state index contributed by atoms with van der Waals surface area (Å²) in [5.74, 6) is 1.38. The molecule has 0 saturated carbocycles. The molecule has 0 aliphatic carbocycles. The lowest BCUT2D eigenvalue weighted by Gasteiger charge is -2.31. The average molecular weight is 422 g/mol. The number of quaternary nitrogens is 1. The summed E-state index contributed by atoms with van der Waals surface area (Å²) in [6.45, 7) is 9.18. The fourth-order valence-corrected chi connectivity index (χ4v) is 3.97. The van der Waals surface area contributed by atoms with Crippen LogP contribution in [0.3, 0.4) is 0 Å². The van der Waals surface area contributed by atoms with Crippen LogP contribution in [0.5, 0.6) is 0 Å². The molecule has 0 amide bonds. The molecule has 2 aromatic rings. The molecule has 0 spiro atoms. The molecule has 2 N–H and O–H groups in total. The van der Waals surface area contributed by atoms with Crippen molar-refractivity contribution in [3.8, 4) is 0 Å². The summed E-state index contributed by atoms with van der Waals surface area (Å²) >= 11 is 0. The quantitative estimate of drug-likeness (QED) is 0.729. The Morgan fingerprint density at radius 2 is 1.70 bits per heavy atom. The number of aromatic nitrogens is 1. The van der Waals surface area contributed by atoms with Crippen LogP contribution in [0.1, 0.15) is 42.3 Å². The van der Waals surface area contributed by atoms with E-state index in [9.17, 15) is 18.0 Å². The molecule has 0 radical (unpaired) electrons. The lowest BCUT2D eigenvalue weighted by Crippen LogP contribution is -3.18. The maximum atomic E-state index is 12.9. The van der Waals surface area contributed by atoms with Crippen molar-refractivity contribution in [1.29, 1.82) is 0 Å². The first-order chi connectivity index (χ1) is 14.1. The third kappa shape index (κ3) is 5.39. The van der Waals surface area contributed by atoms with E-state index in [1.54, 1.807) is 0 Å². The Morgan fingerprint density at radius 3 is 2.20 bits per heavy atom. The summed E-state index contributed by atoms with van der Waals surface area (Å²) in [6, 6.07) is 10.3. The van der Waals surface area contributed by atoms with Gasteiger partial charge in [0, 0.05) is 11.6 Å². The van der Waals surface area contributed by atoms with E-state index in [-0.39, 0.29) is 11.8 Å². The number of carbonyl (C=O) groups is 1. The molecule has 1 aliphatic rings. The molecule has 1 saturated heterocycles. The number of pyridine rings is 1. The largest absolute Gasteiger partial charge is 0.419 e. The predicted molar refractivity (Wildman–Crippen MR) is 110 cm³/mol. The highest BCUT2D eigenvalue weighted by Gasteiger charge is 2.35. The number of Topliss-reactive ketones (excluding diaryl/α,β-unsaturated/α-hetero) is 1. The van der Waals surface area contributed by atoms with Gasteiger partial charge in [0.2, 0.25) is 5.78 Å². The van der Waals surface area contributed by atoms with Gasteiger partial charge in [-0.15, -0.1) is 0 Å². The van der Waals surface area contributed by atoms with E-state index in [0.29, 0.717) is 24.8 Å². The van der Waals surface area contributed by atoms with E-state index >= 15 is 0 Å². The van der Waals surface area contributed by atoms with Crippen LogP contribution < -0.4 is 14.8 Å². The molecule has 1 atom stereocenters. The Hall–Kier alpha value is -2.41. The minimum atomic E-state index is -4.35. The first kappa shape index (κ1) is 22.3. The summed E-state index contributed by atoms with van der Waals surface area (Å²) < 4.78 is 38.2. The molecule has 3 rings (SSSR count). The second-order valence-corrected chi connectivity index (χ2v) is 8.49. The third-order valence-electron chi connectivity index (χ3n) is 5.76. The number of hydrogen-bond donors (Lipinski definition) is 1. The molecule has 0 bridgehead atoms. The minimum absolute atomic E-state index is 0.135. The smallest absolute Gasteiger partial charge is 0.320 e. The maximum absolute atomic E-state index is 12.9. The highest BCUT2D eigenvalue weighted by Crippen LogP contribution is 2.28. The number of rotatable bonds is 6. The first-order valence-corrected chi connectivity index (χ1v) is 10.5. The monoisotopic (exact) mass is 421 g/mol. The van der Waals surface area contributed by atoms with E-state index in [2.05, 4.69) is 18.8 Å². The number of carbonyl (C=O) groups excluding carboxylic acids is 1. The van der Waals surface area contributed by atoms with Gasteiger partial charge in [-0.1, -0.05) is 38.1 Å². The van der Waals surface area contributed by atoms with Crippen molar-refractivity contribution in [2.45, 2.75) is 39.4 Å². The van der Waals surface area contributed by atoms with Gasteiger partial charge >= 0.3 is 6.18 Å². The van der Waals surface area contributed by atoms with Crippen molar-refractivity contribution in [3.05, 3.63) is 59.3 Å². The number of halogens is 3. The number of benzene rings is 1. The zero-order valence-electron chi connectivity index (χ0n) is 17.7. The van der Waals surface area contributed by atoms with Gasteiger partial charge in [0.15, 0.2) is 0 Å². The van der Waals surface area contributed by atoms with Crippen LogP contribution in [0.15, 0.2) is 42.6 Å². The molecule has 1 aliphatic heterocycles. The van der Waals surface area contributed by atoms with Crippen molar-refractivity contribution >= 4 is 11.6 Å². The second kappa shape index (κ2) is 9.16. The SMILES string of the molecule is CC(C)Cc1ccc(C(=O)[C@H](C)[NH+]2CCN(c3ccc(C(F)(F)F)c[nH+]3)CC2)cc1. The minimum Gasteiger partial charge on any atom is -0.320 e. The number of hydrogen-bond acceptors (Lipinski definition) is 2. The van der Waals surface area contributed by atoms with Crippen LogP contribution in [0.4, 0.5) is 19.0 Å². The molecule has 1 aromatic heterocycles. The van der Waals surface area contributed by atoms with Crippen molar-refractivity contribution in [3.63, 3.8) is 0 Å². The topological polar surface area (TPSA) is 38.9 Å². The van der Waals surface area contributed by atoms with Crippen LogP contribution in [-0.2, 0) is 12.6 Å². The summed E-state index contributed by atoms with van der Waals surface area (Å²) in [5.41, 5.74) is 1.29. The Morgan fingerprint density at radius 1 is 1.07 bits per heavy atom. The van der Waals surface area contributed by atoms with Crippen LogP contribution in [0, 0.1) is 5.92 Å². The van der Waals surface area contributed by atoms with Crippen LogP contribution in [-0.4, -0.2) is 38.0 Å². The number of alkyl halides is 3. The molecule has 1 aromatic carbocycles. The maximum Gasteiger partial charge on any atom is 0.419 e. The molecule has 0 unspecified atom stereocenters. The van der Waals surface area contributed by atoms with Gasteiger partial charge in [0.05, 0.1) is 5.56 Å². The number of nitrogens with zero attached hydrogens (tertiary/aromatic N) is 1. The number of aromatic amines is 1. The molecule has 7 heteroatoms. The lowest BCUT2D eigenvalue weighted by atomic mass is 9.98. The van der Waals surface area contributed by atoms with Crippen molar-refractivity contribution in [1.82, 2.24) is 0 Å². The van der Waals surface area contributed by atoms with Gasteiger partial charge in [-0.05, 0) is 30.9 Å². The molecule has 162 valence electrons. The second-order valence-electron chi connectivity index (χ2n) is 8.49. The summed E-state index contributed by atoms with van der Waals surface area (Å²) in [6.07, 6.45) is -2.34. The highest BCUT2D eigenvalue weighted by molar-refractivity contribution is 5.99. The molecule has 2 heterocycles. The van der Waals surface area contributed by atoms with Gasteiger partial charge in [-0.3, -0.25) is 9.69 Å².